The number of likely N-dealkylation sites (tertiary alicyclic amines) is 1. The molecule has 2 heterocycles. The van der Waals surface area contributed by atoms with Crippen molar-refractivity contribution in [3.63, 3.8) is 0 Å². The summed E-state index contributed by atoms with van der Waals surface area (Å²) < 4.78 is 0. The summed E-state index contributed by atoms with van der Waals surface area (Å²) in [6.07, 6.45) is 0.563. The van der Waals surface area contributed by atoms with E-state index in [4.69, 9.17) is 0 Å². The molecule has 2 saturated heterocycles. The zero-order valence-electron chi connectivity index (χ0n) is 10.8. The second-order valence-electron chi connectivity index (χ2n) is 5.39. The van der Waals surface area contributed by atoms with Gasteiger partial charge >= 0.3 is 0 Å². The molecule has 5 heteroatoms. The Morgan fingerprint density at radius 2 is 1.94 bits per heavy atom. The molecule has 2 N–H and O–H groups in total. The first-order chi connectivity index (χ1) is 8.03. The van der Waals surface area contributed by atoms with Crippen molar-refractivity contribution in [2.24, 2.45) is 0 Å². The van der Waals surface area contributed by atoms with Crippen LogP contribution in [0, 0.1) is 0 Å². The molecule has 0 aromatic heterocycles. The first kappa shape index (κ1) is 12.8. The van der Waals surface area contributed by atoms with Gasteiger partial charge in [0, 0.05) is 45.3 Å². The van der Waals surface area contributed by atoms with Crippen molar-refractivity contribution >= 4 is 5.91 Å². The minimum atomic E-state index is -1.15. The average Bonchev–Trinajstić information content (AvgIpc) is 2.74. The highest BCUT2D eigenvalue weighted by atomic mass is 16.3. The highest BCUT2D eigenvalue weighted by molar-refractivity contribution is 5.85. The van der Waals surface area contributed by atoms with Crippen LogP contribution in [0.4, 0.5) is 0 Å². The van der Waals surface area contributed by atoms with Gasteiger partial charge in [0.2, 0.25) is 0 Å². The van der Waals surface area contributed by atoms with Gasteiger partial charge in [0.25, 0.3) is 5.91 Å². The zero-order chi connectivity index (χ0) is 12.5. The molecule has 1 unspecified atom stereocenters. The lowest BCUT2D eigenvalue weighted by Gasteiger charge is -2.34. The number of carbonyl (C=O) groups is 1. The molecule has 1 atom stereocenters. The Bertz CT molecular complexity index is 289. The molecule has 2 rings (SSSR count). The third-order valence-electron chi connectivity index (χ3n) is 3.81. The number of amides is 1. The predicted molar refractivity (Wildman–Crippen MR) is 65.7 cm³/mol. The maximum atomic E-state index is 12.3. The van der Waals surface area contributed by atoms with Crippen LogP contribution in [0.5, 0.6) is 0 Å². The quantitative estimate of drug-likeness (QED) is 0.669. The maximum absolute atomic E-state index is 12.3. The average molecular weight is 241 g/mol. The summed E-state index contributed by atoms with van der Waals surface area (Å²) >= 11 is 0. The van der Waals surface area contributed by atoms with Crippen LogP contribution in [-0.2, 0) is 4.79 Å². The Balaban J connectivity index is 1.98. The van der Waals surface area contributed by atoms with E-state index in [1.165, 1.54) is 0 Å². The molecule has 2 aliphatic heterocycles. The summed E-state index contributed by atoms with van der Waals surface area (Å²) in [5.74, 6) is -0.0813. The van der Waals surface area contributed by atoms with E-state index in [-0.39, 0.29) is 5.91 Å². The number of nitrogens with one attached hydrogen (secondary N) is 1. The molecule has 0 aliphatic carbocycles. The van der Waals surface area contributed by atoms with E-state index in [1.54, 1.807) is 4.90 Å². The molecule has 0 saturated carbocycles. The third-order valence-corrected chi connectivity index (χ3v) is 3.81. The van der Waals surface area contributed by atoms with Gasteiger partial charge in [0.15, 0.2) is 5.60 Å². The highest BCUT2D eigenvalue weighted by Gasteiger charge is 2.45. The fraction of sp³-hybridized carbons (Fsp3) is 0.917. The number of β-amino-alcohol motifs (C(OH)–C–C–N with tert-alkyl or cyclic N) is 1. The lowest BCUT2D eigenvalue weighted by molar-refractivity contribution is -0.150. The van der Waals surface area contributed by atoms with Gasteiger partial charge in [0.1, 0.15) is 0 Å². The van der Waals surface area contributed by atoms with Crippen molar-refractivity contribution in [1.29, 1.82) is 0 Å². The van der Waals surface area contributed by atoms with Crippen molar-refractivity contribution in [3.05, 3.63) is 0 Å². The number of carbonyl (C=O) groups excluding carboxylic acids is 1. The lowest BCUT2D eigenvalue weighted by Crippen LogP contribution is -2.56. The minimum absolute atomic E-state index is 0.0813. The van der Waals surface area contributed by atoms with Crippen molar-refractivity contribution in [2.75, 3.05) is 39.3 Å². The van der Waals surface area contributed by atoms with Crippen molar-refractivity contribution in [2.45, 2.75) is 31.9 Å². The molecule has 2 fully saturated rings. The summed E-state index contributed by atoms with van der Waals surface area (Å²) in [5.41, 5.74) is -1.15. The zero-order valence-corrected chi connectivity index (χ0v) is 10.8. The van der Waals surface area contributed by atoms with Gasteiger partial charge in [-0.2, -0.15) is 0 Å². The van der Waals surface area contributed by atoms with Crippen LogP contribution in [0.25, 0.3) is 0 Å². The summed E-state index contributed by atoms with van der Waals surface area (Å²) in [7, 11) is 0. The SMILES string of the molecule is CC(C)N1CCC(O)(C(=O)N2CCNCC2)C1. The van der Waals surface area contributed by atoms with E-state index < -0.39 is 5.60 Å². The summed E-state index contributed by atoms with van der Waals surface area (Å²) in [4.78, 5) is 16.3. The molecule has 0 aromatic rings. The molecular formula is C12H23N3O2. The van der Waals surface area contributed by atoms with Crippen LogP contribution in [0.2, 0.25) is 0 Å². The predicted octanol–water partition coefficient (Wildman–Crippen LogP) is -0.737. The molecule has 0 radical (unpaired) electrons. The van der Waals surface area contributed by atoms with Crippen molar-refractivity contribution in [3.8, 4) is 0 Å². The smallest absolute Gasteiger partial charge is 0.256 e. The van der Waals surface area contributed by atoms with E-state index in [9.17, 15) is 9.90 Å². The fourth-order valence-electron chi connectivity index (χ4n) is 2.60. The third kappa shape index (κ3) is 2.61. The first-order valence-corrected chi connectivity index (χ1v) is 6.49. The number of hydrogen-bond acceptors (Lipinski definition) is 4. The van der Waals surface area contributed by atoms with E-state index in [2.05, 4.69) is 24.1 Å². The number of rotatable bonds is 2. The van der Waals surface area contributed by atoms with E-state index in [0.717, 1.165) is 19.6 Å². The van der Waals surface area contributed by atoms with Gasteiger partial charge in [-0.15, -0.1) is 0 Å². The second-order valence-corrected chi connectivity index (χ2v) is 5.39. The minimum Gasteiger partial charge on any atom is -0.379 e. The molecule has 17 heavy (non-hydrogen) atoms. The van der Waals surface area contributed by atoms with Crippen LogP contribution in [-0.4, -0.2) is 71.7 Å². The Kier molecular flexibility index (Phi) is 3.70. The van der Waals surface area contributed by atoms with Gasteiger partial charge < -0.3 is 15.3 Å². The van der Waals surface area contributed by atoms with Crippen LogP contribution >= 0.6 is 0 Å². The van der Waals surface area contributed by atoms with Crippen molar-refractivity contribution in [1.82, 2.24) is 15.1 Å². The molecule has 98 valence electrons. The van der Waals surface area contributed by atoms with Crippen LogP contribution < -0.4 is 5.32 Å². The molecular weight excluding hydrogens is 218 g/mol. The first-order valence-electron chi connectivity index (χ1n) is 6.49. The Hall–Kier alpha value is -0.650. The van der Waals surface area contributed by atoms with Gasteiger partial charge in [-0.1, -0.05) is 0 Å². The molecule has 2 aliphatic rings. The normalized spacial score (nSPS) is 31.2. The van der Waals surface area contributed by atoms with Gasteiger partial charge in [-0.25, -0.2) is 0 Å². The van der Waals surface area contributed by atoms with Crippen LogP contribution in [0.15, 0.2) is 0 Å². The fourth-order valence-corrected chi connectivity index (χ4v) is 2.60. The molecule has 1 amide bonds. The number of piperazine rings is 1. The molecule has 0 aromatic carbocycles. The monoisotopic (exact) mass is 241 g/mol. The van der Waals surface area contributed by atoms with Crippen LogP contribution in [0.3, 0.4) is 0 Å². The number of aliphatic hydroxyl groups is 1. The van der Waals surface area contributed by atoms with Crippen molar-refractivity contribution < 1.29 is 9.90 Å². The molecule has 5 nitrogen and oxygen atoms in total. The summed E-state index contributed by atoms with van der Waals surface area (Å²) in [6, 6.07) is 0.389. The Morgan fingerprint density at radius 1 is 1.29 bits per heavy atom. The van der Waals surface area contributed by atoms with Gasteiger partial charge in [-0.3, -0.25) is 9.69 Å². The Labute approximate surface area is 103 Å². The van der Waals surface area contributed by atoms with E-state index in [1.807, 2.05) is 0 Å². The highest BCUT2D eigenvalue weighted by Crippen LogP contribution is 2.25. The number of nitrogens with zero attached hydrogens (tertiary/aromatic N) is 2. The maximum Gasteiger partial charge on any atom is 0.256 e. The molecule has 0 bridgehead atoms. The molecule has 0 spiro atoms. The van der Waals surface area contributed by atoms with E-state index >= 15 is 0 Å². The largest absolute Gasteiger partial charge is 0.379 e. The standard InChI is InChI=1S/C12H23N3O2/c1-10(2)15-6-3-12(17,9-15)11(16)14-7-4-13-5-8-14/h10,13,17H,3-9H2,1-2H3. The Morgan fingerprint density at radius 3 is 2.47 bits per heavy atom. The van der Waals surface area contributed by atoms with Gasteiger partial charge in [-0.05, 0) is 20.3 Å². The van der Waals surface area contributed by atoms with Crippen LogP contribution in [0.1, 0.15) is 20.3 Å². The lowest BCUT2D eigenvalue weighted by atomic mass is 10.0. The summed E-state index contributed by atoms with van der Waals surface area (Å²) in [5, 5.41) is 13.7. The topological polar surface area (TPSA) is 55.8 Å². The number of hydrogen-bond donors (Lipinski definition) is 2. The van der Waals surface area contributed by atoms with Gasteiger partial charge in [0.05, 0.1) is 0 Å². The van der Waals surface area contributed by atoms with E-state index in [0.29, 0.717) is 32.1 Å². The second kappa shape index (κ2) is 4.92. The summed E-state index contributed by atoms with van der Waals surface area (Å²) in [6.45, 7) is 8.57.